The quantitative estimate of drug-likeness (QED) is 0.899. The van der Waals surface area contributed by atoms with Crippen LogP contribution in [0.4, 0.5) is 0 Å². The lowest BCUT2D eigenvalue weighted by molar-refractivity contribution is 0.273. The van der Waals surface area contributed by atoms with Crippen LogP contribution in [0.2, 0.25) is 0 Å². The summed E-state index contributed by atoms with van der Waals surface area (Å²) in [5, 5.41) is 13.6. The van der Waals surface area contributed by atoms with E-state index in [-0.39, 0.29) is 6.61 Å². The van der Waals surface area contributed by atoms with Crippen LogP contribution in [0.5, 0.6) is 17.4 Å². The molecule has 0 aliphatic heterocycles. The van der Waals surface area contributed by atoms with Gasteiger partial charge in [0.2, 0.25) is 5.88 Å². The van der Waals surface area contributed by atoms with Crippen LogP contribution >= 0.6 is 0 Å². The Bertz CT molecular complexity index is 549. The molecule has 2 rings (SSSR count). The van der Waals surface area contributed by atoms with Crippen LogP contribution in [-0.4, -0.2) is 22.0 Å². The Kier molecular flexibility index (Phi) is 3.53. The summed E-state index contributed by atoms with van der Waals surface area (Å²) in [4.78, 5) is 0. The lowest BCUT2D eigenvalue weighted by Crippen LogP contribution is -1.98. The monoisotopic (exact) mass is 248 g/mol. The summed E-state index contributed by atoms with van der Waals surface area (Å²) in [6.45, 7) is 1.73. The fourth-order valence-electron chi connectivity index (χ4n) is 1.80. The number of nitrogens with zero attached hydrogens (tertiary/aromatic N) is 2. The molecule has 0 spiro atoms. The van der Waals surface area contributed by atoms with Crippen molar-refractivity contribution < 1.29 is 14.6 Å². The first kappa shape index (κ1) is 12.4. The number of aryl methyl sites for hydroxylation is 2. The molecule has 0 aliphatic rings. The predicted molar refractivity (Wildman–Crippen MR) is 66.9 cm³/mol. The van der Waals surface area contributed by atoms with Crippen LogP contribution in [0.25, 0.3) is 0 Å². The molecule has 0 aliphatic carbocycles. The van der Waals surface area contributed by atoms with E-state index in [0.717, 1.165) is 5.69 Å². The molecule has 18 heavy (non-hydrogen) atoms. The molecule has 0 saturated carbocycles. The van der Waals surface area contributed by atoms with E-state index in [9.17, 15) is 5.11 Å². The smallest absolute Gasteiger partial charge is 0.223 e. The van der Waals surface area contributed by atoms with Gasteiger partial charge in [0.1, 0.15) is 0 Å². The molecule has 5 heteroatoms. The third kappa shape index (κ3) is 2.17. The molecular formula is C13H16N2O3. The summed E-state index contributed by atoms with van der Waals surface area (Å²) < 4.78 is 12.6. The maximum Gasteiger partial charge on any atom is 0.223 e. The van der Waals surface area contributed by atoms with Gasteiger partial charge in [-0.1, -0.05) is 12.1 Å². The zero-order chi connectivity index (χ0) is 13.1. The van der Waals surface area contributed by atoms with Gasteiger partial charge in [-0.3, -0.25) is 0 Å². The number of rotatable bonds is 4. The van der Waals surface area contributed by atoms with Crippen molar-refractivity contribution in [3.05, 3.63) is 35.5 Å². The van der Waals surface area contributed by atoms with Gasteiger partial charge in [-0.25, -0.2) is 4.68 Å². The molecule has 0 saturated heterocycles. The minimum absolute atomic E-state index is 0.107. The first-order valence-corrected chi connectivity index (χ1v) is 5.61. The van der Waals surface area contributed by atoms with Gasteiger partial charge in [0.15, 0.2) is 11.5 Å². The summed E-state index contributed by atoms with van der Waals surface area (Å²) in [5.41, 5.74) is 1.44. The van der Waals surface area contributed by atoms with E-state index in [4.69, 9.17) is 9.47 Å². The molecule has 0 fully saturated rings. The van der Waals surface area contributed by atoms with Gasteiger partial charge in [0.25, 0.3) is 0 Å². The fraction of sp³-hybridized carbons (Fsp3) is 0.308. The van der Waals surface area contributed by atoms with E-state index in [2.05, 4.69) is 5.10 Å². The largest absolute Gasteiger partial charge is 0.493 e. The summed E-state index contributed by atoms with van der Waals surface area (Å²) in [6, 6.07) is 7.35. The van der Waals surface area contributed by atoms with Crippen LogP contribution in [-0.2, 0) is 13.7 Å². The predicted octanol–water partition coefficient (Wildman–Crippen LogP) is 2.02. The zero-order valence-electron chi connectivity index (χ0n) is 10.7. The Hall–Kier alpha value is -2.01. The highest BCUT2D eigenvalue weighted by atomic mass is 16.5. The number of hydrogen-bond acceptors (Lipinski definition) is 4. The summed E-state index contributed by atoms with van der Waals surface area (Å²) in [5.74, 6) is 1.76. The van der Waals surface area contributed by atoms with E-state index in [1.807, 2.05) is 31.2 Å². The second-order valence-corrected chi connectivity index (χ2v) is 3.90. The van der Waals surface area contributed by atoms with E-state index in [0.29, 0.717) is 22.9 Å². The Balaban J connectivity index is 2.39. The standard InChI is InChI=1S/C13H16N2O3/c1-9-10(8-16)13(15(2)14-9)18-12-7-5-4-6-11(12)17-3/h4-7,16H,8H2,1-3H3. The molecule has 0 unspecified atom stereocenters. The first-order chi connectivity index (χ1) is 8.67. The summed E-state index contributed by atoms with van der Waals surface area (Å²) in [6.07, 6.45) is 0. The number of aliphatic hydroxyl groups excluding tert-OH is 1. The molecule has 0 atom stereocenters. The molecule has 1 aromatic heterocycles. The Morgan fingerprint density at radius 1 is 1.28 bits per heavy atom. The van der Waals surface area contributed by atoms with Gasteiger partial charge in [0.05, 0.1) is 25.0 Å². The third-order valence-electron chi connectivity index (χ3n) is 2.72. The van der Waals surface area contributed by atoms with Crippen molar-refractivity contribution in [2.45, 2.75) is 13.5 Å². The van der Waals surface area contributed by atoms with Gasteiger partial charge in [-0.05, 0) is 19.1 Å². The minimum atomic E-state index is -0.107. The second-order valence-electron chi connectivity index (χ2n) is 3.90. The van der Waals surface area contributed by atoms with E-state index < -0.39 is 0 Å². The highest BCUT2D eigenvalue weighted by Crippen LogP contribution is 2.33. The van der Waals surface area contributed by atoms with Crippen molar-refractivity contribution in [3.63, 3.8) is 0 Å². The van der Waals surface area contributed by atoms with Crippen LogP contribution in [0.3, 0.4) is 0 Å². The molecule has 1 heterocycles. The topological polar surface area (TPSA) is 56.5 Å². The van der Waals surface area contributed by atoms with Crippen molar-refractivity contribution >= 4 is 0 Å². The SMILES string of the molecule is COc1ccccc1Oc1c(CO)c(C)nn1C. The number of hydrogen-bond donors (Lipinski definition) is 1. The van der Waals surface area contributed by atoms with Crippen LogP contribution in [0.15, 0.2) is 24.3 Å². The van der Waals surface area contributed by atoms with Gasteiger partial charge in [-0.2, -0.15) is 5.10 Å². The average Bonchev–Trinajstić information content (AvgIpc) is 2.64. The number of benzene rings is 1. The van der Waals surface area contributed by atoms with Crippen LogP contribution in [0, 0.1) is 6.92 Å². The molecule has 2 aromatic rings. The average molecular weight is 248 g/mol. The third-order valence-corrected chi connectivity index (χ3v) is 2.72. The minimum Gasteiger partial charge on any atom is -0.493 e. The van der Waals surface area contributed by atoms with Crippen molar-refractivity contribution in [2.75, 3.05) is 7.11 Å². The van der Waals surface area contributed by atoms with Crippen molar-refractivity contribution in [3.8, 4) is 17.4 Å². The van der Waals surface area contributed by atoms with Gasteiger partial charge in [0, 0.05) is 7.05 Å². The Morgan fingerprint density at radius 3 is 2.56 bits per heavy atom. The molecular weight excluding hydrogens is 232 g/mol. The highest BCUT2D eigenvalue weighted by Gasteiger charge is 2.16. The van der Waals surface area contributed by atoms with Crippen molar-refractivity contribution in [2.24, 2.45) is 7.05 Å². The lowest BCUT2D eigenvalue weighted by Gasteiger charge is -2.11. The lowest BCUT2D eigenvalue weighted by atomic mass is 10.2. The molecule has 1 aromatic carbocycles. The van der Waals surface area contributed by atoms with Crippen LogP contribution < -0.4 is 9.47 Å². The van der Waals surface area contributed by atoms with E-state index in [1.165, 1.54) is 0 Å². The molecule has 96 valence electrons. The van der Waals surface area contributed by atoms with Gasteiger partial charge >= 0.3 is 0 Å². The summed E-state index contributed by atoms with van der Waals surface area (Å²) >= 11 is 0. The number of methoxy groups -OCH3 is 1. The Morgan fingerprint density at radius 2 is 1.94 bits per heavy atom. The molecule has 0 amide bonds. The molecule has 0 bridgehead atoms. The van der Waals surface area contributed by atoms with E-state index in [1.54, 1.807) is 18.8 Å². The number of aromatic nitrogens is 2. The molecule has 1 N–H and O–H groups in total. The zero-order valence-corrected chi connectivity index (χ0v) is 10.7. The number of aliphatic hydroxyl groups is 1. The number of ether oxygens (including phenoxy) is 2. The highest BCUT2D eigenvalue weighted by molar-refractivity contribution is 5.43. The van der Waals surface area contributed by atoms with Crippen molar-refractivity contribution in [1.82, 2.24) is 9.78 Å². The molecule has 5 nitrogen and oxygen atoms in total. The Labute approximate surface area is 106 Å². The van der Waals surface area contributed by atoms with Crippen molar-refractivity contribution in [1.29, 1.82) is 0 Å². The fourth-order valence-corrected chi connectivity index (χ4v) is 1.80. The van der Waals surface area contributed by atoms with E-state index >= 15 is 0 Å². The second kappa shape index (κ2) is 5.10. The maximum absolute atomic E-state index is 9.35. The maximum atomic E-state index is 9.35. The summed E-state index contributed by atoms with van der Waals surface area (Å²) in [7, 11) is 3.36. The first-order valence-electron chi connectivity index (χ1n) is 5.61. The normalized spacial score (nSPS) is 10.4. The molecule has 0 radical (unpaired) electrons. The number of para-hydroxylation sites is 2. The van der Waals surface area contributed by atoms with Crippen LogP contribution in [0.1, 0.15) is 11.3 Å². The van der Waals surface area contributed by atoms with Gasteiger partial charge in [-0.15, -0.1) is 0 Å². The van der Waals surface area contributed by atoms with Gasteiger partial charge < -0.3 is 14.6 Å².